The van der Waals surface area contributed by atoms with Gasteiger partial charge in [-0.3, -0.25) is 4.79 Å². The predicted octanol–water partition coefficient (Wildman–Crippen LogP) is 5.16. The summed E-state index contributed by atoms with van der Waals surface area (Å²) in [6.07, 6.45) is -1.07. The number of ether oxygens (including phenoxy) is 1. The molecule has 1 N–H and O–H groups in total. The van der Waals surface area contributed by atoms with E-state index in [1.165, 1.54) is 0 Å². The van der Waals surface area contributed by atoms with Gasteiger partial charge in [-0.25, -0.2) is 4.79 Å². The van der Waals surface area contributed by atoms with Crippen molar-refractivity contribution in [1.29, 1.82) is 0 Å². The van der Waals surface area contributed by atoms with Gasteiger partial charge in [-0.05, 0) is 24.3 Å². The second kappa shape index (κ2) is 8.52. The van der Waals surface area contributed by atoms with E-state index in [0.29, 0.717) is 27.4 Å². The van der Waals surface area contributed by atoms with Crippen LogP contribution in [-0.2, 0) is 4.74 Å². The molecule has 0 aliphatic heterocycles. The van der Waals surface area contributed by atoms with Crippen LogP contribution in [0.3, 0.4) is 0 Å². The Kier molecular flexibility index (Phi) is 5.89. The Balaban J connectivity index is 1.96. The summed E-state index contributed by atoms with van der Waals surface area (Å²) in [5.41, 5.74) is 2.01. The third kappa shape index (κ3) is 4.36. The maximum atomic E-state index is 13.0. The fourth-order valence-electron chi connectivity index (χ4n) is 2.71. The van der Waals surface area contributed by atoms with Gasteiger partial charge in [-0.2, -0.15) is 0 Å². The third-order valence-electron chi connectivity index (χ3n) is 4.11. The Labute approximate surface area is 162 Å². The van der Waals surface area contributed by atoms with Gasteiger partial charge in [-0.15, -0.1) is 0 Å². The molecule has 136 valence electrons. The number of benzene rings is 3. The number of halogens is 1. The summed E-state index contributed by atoms with van der Waals surface area (Å²) in [5, 5.41) is 3.49. The van der Waals surface area contributed by atoms with Crippen molar-refractivity contribution in [2.24, 2.45) is 0 Å². The number of carbonyl (C=O) groups is 2. The second-order valence-electron chi connectivity index (χ2n) is 5.86. The SMILES string of the molecule is CNc1ccccc1C(=O)O[C@H](C(=O)c1ccccc1)c1ccc(Cl)cc1. The first-order chi connectivity index (χ1) is 13.1. The minimum absolute atomic E-state index is 0.298. The average Bonchev–Trinajstić information content (AvgIpc) is 2.72. The molecule has 5 heteroatoms. The van der Waals surface area contributed by atoms with Crippen LogP contribution in [0.5, 0.6) is 0 Å². The van der Waals surface area contributed by atoms with Gasteiger partial charge >= 0.3 is 5.97 Å². The highest BCUT2D eigenvalue weighted by Gasteiger charge is 2.27. The molecule has 0 aliphatic rings. The van der Waals surface area contributed by atoms with Gasteiger partial charge in [0.05, 0.1) is 5.56 Å². The van der Waals surface area contributed by atoms with Gasteiger partial charge in [-0.1, -0.05) is 66.2 Å². The van der Waals surface area contributed by atoms with Gasteiger partial charge in [0.1, 0.15) is 0 Å². The monoisotopic (exact) mass is 379 g/mol. The number of nitrogens with one attached hydrogen (secondary N) is 1. The summed E-state index contributed by atoms with van der Waals surface area (Å²) in [6, 6.07) is 22.4. The quantitative estimate of drug-likeness (QED) is 0.474. The number of rotatable bonds is 6. The van der Waals surface area contributed by atoms with Crippen LogP contribution < -0.4 is 5.32 Å². The van der Waals surface area contributed by atoms with Gasteiger partial charge in [0, 0.05) is 28.9 Å². The fourth-order valence-corrected chi connectivity index (χ4v) is 2.84. The van der Waals surface area contributed by atoms with Gasteiger partial charge in [0.25, 0.3) is 0 Å². The van der Waals surface area contributed by atoms with Crippen LogP contribution in [0.15, 0.2) is 78.9 Å². The topological polar surface area (TPSA) is 55.4 Å². The number of para-hydroxylation sites is 1. The van der Waals surface area contributed by atoms with Crippen molar-refractivity contribution in [3.63, 3.8) is 0 Å². The lowest BCUT2D eigenvalue weighted by Crippen LogP contribution is -2.21. The second-order valence-corrected chi connectivity index (χ2v) is 6.30. The molecule has 0 aromatic heterocycles. The molecule has 0 saturated heterocycles. The number of Topliss-reactive ketones (excluding diaryl/α,β-unsaturated/α-hetero) is 1. The van der Waals surface area contributed by atoms with E-state index < -0.39 is 12.1 Å². The predicted molar refractivity (Wildman–Crippen MR) is 106 cm³/mol. The van der Waals surface area contributed by atoms with E-state index in [1.807, 2.05) is 12.1 Å². The number of hydrogen-bond acceptors (Lipinski definition) is 4. The van der Waals surface area contributed by atoms with Crippen molar-refractivity contribution in [1.82, 2.24) is 0 Å². The van der Waals surface area contributed by atoms with Crippen molar-refractivity contribution in [3.8, 4) is 0 Å². The number of carbonyl (C=O) groups excluding carboxylic acids is 2. The van der Waals surface area contributed by atoms with Crippen LogP contribution in [0, 0.1) is 0 Å². The number of ketones is 1. The van der Waals surface area contributed by atoms with Crippen molar-refractivity contribution < 1.29 is 14.3 Å². The Hall–Kier alpha value is -3.11. The van der Waals surface area contributed by atoms with Crippen molar-refractivity contribution in [2.75, 3.05) is 12.4 Å². The van der Waals surface area contributed by atoms with Gasteiger partial charge in [0.15, 0.2) is 6.10 Å². The van der Waals surface area contributed by atoms with E-state index in [-0.39, 0.29) is 5.78 Å². The summed E-state index contributed by atoms with van der Waals surface area (Å²) in [7, 11) is 1.72. The summed E-state index contributed by atoms with van der Waals surface area (Å²) < 4.78 is 5.65. The Bertz CT molecular complexity index is 939. The van der Waals surface area contributed by atoms with Crippen LogP contribution in [0.4, 0.5) is 5.69 Å². The molecular weight excluding hydrogens is 362 g/mol. The highest BCUT2D eigenvalue weighted by molar-refractivity contribution is 6.30. The maximum Gasteiger partial charge on any atom is 0.341 e. The van der Waals surface area contributed by atoms with E-state index in [9.17, 15) is 9.59 Å². The lowest BCUT2D eigenvalue weighted by atomic mass is 9.99. The fraction of sp³-hybridized carbons (Fsp3) is 0.0909. The molecule has 3 aromatic rings. The first-order valence-corrected chi connectivity index (χ1v) is 8.80. The molecule has 0 fully saturated rings. The minimum atomic E-state index is -1.07. The van der Waals surface area contributed by atoms with E-state index in [0.717, 1.165) is 0 Å². The Morgan fingerprint density at radius 2 is 1.52 bits per heavy atom. The zero-order valence-corrected chi connectivity index (χ0v) is 15.4. The van der Waals surface area contributed by atoms with E-state index in [2.05, 4.69) is 5.32 Å². The molecule has 1 atom stereocenters. The molecule has 3 rings (SSSR count). The standard InChI is InChI=1S/C22H18ClNO3/c1-24-19-10-6-5-9-18(19)22(26)27-21(16-11-13-17(23)14-12-16)20(25)15-7-3-2-4-8-15/h2-14,21,24H,1H3/t21-/m0/s1. The average molecular weight is 380 g/mol. The molecule has 3 aromatic carbocycles. The minimum Gasteiger partial charge on any atom is -0.445 e. The molecule has 4 nitrogen and oxygen atoms in total. The van der Waals surface area contributed by atoms with Crippen LogP contribution >= 0.6 is 11.6 Å². The normalized spacial score (nSPS) is 11.5. The molecular formula is C22H18ClNO3. The number of esters is 1. The van der Waals surface area contributed by atoms with Crippen molar-refractivity contribution in [2.45, 2.75) is 6.10 Å². The Morgan fingerprint density at radius 1 is 0.889 bits per heavy atom. The largest absolute Gasteiger partial charge is 0.445 e. The molecule has 0 unspecified atom stereocenters. The molecule has 27 heavy (non-hydrogen) atoms. The smallest absolute Gasteiger partial charge is 0.341 e. The summed E-state index contributed by atoms with van der Waals surface area (Å²) >= 11 is 5.95. The lowest BCUT2D eigenvalue weighted by Gasteiger charge is -2.18. The van der Waals surface area contributed by atoms with Crippen LogP contribution in [0.2, 0.25) is 5.02 Å². The van der Waals surface area contributed by atoms with Crippen molar-refractivity contribution >= 4 is 29.0 Å². The molecule has 0 amide bonds. The third-order valence-corrected chi connectivity index (χ3v) is 4.36. The van der Waals surface area contributed by atoms with E-state index in [1.54, 1.807) is 73.8 Å². The highest BCUT2D eigenvalue weighted by Crippen LogP contribution is 2.27. The van der Waals surface area contributed by atoms with E-state index >= 15 is 0 Å². The lowest BCUT2D eigenvalue weighted by molar-refractivity contribution is 0.0281. The molecule has 0 aliphatic carbocycles. The Morgan fingerprint density at radius 3 is 2.19 bits per heavy atom. The molecule has 0 radical (unpaired) electrons. The molecule has 0 bridgehead atoms. The summed E-state index contributed by atoms with van der Waals surface area (Å²) in [6.45, 7) is 0. The molecule has 0 spiro atoms. The first-order valence-electron chi connectivity index (χ1n) is 8.42. The summed E-state index contributed by atoms with van der Waals surface area (Å²) in [5.74, 6) is -0.877. The highest BCUT2D eigenvalue weighted by atomic mass is 35.5. The summed E-state index contributed by atoms with van der Waals surface area (Å²) in [4.78, 5) is 25.8. The molecule has 0 heterocycles. The molecule has 0 saturated carbocycles. The van der Waals surface area contributed by atoms with Gasteiger partial charge in [0.2, 0.25) is 5.78 Å². The van der Waals surface area contributed by atoms with Crippen LogP contribution in [0.1, 0.15) is 32.4 Å². The van der Waals surface area contributed by atoms with Crippen LogP contribution in [0.25, 0.3) is 0 Å². The number of hydrogen-bond donors (Lipinski definition) is 1. The van der Waals surface area contributed by atoms with Crippen molar-refractivity contribution in [3.05, 3.63) is 101 Å². The van der Waals surface area contributed by atoms with E-state index in [4.69, 9.17) is 16.3 Å². The zero-order valence-electron chi connectivity index (χ0n) is 14.7. The van der Waals surface area contributed by atoms with Gasteiger partial charge < -0.3 is 10.1 Å². The first kappa shape index (κ1) is 18.7. The maximum absolute atomic E-state index is 13.0. The number of anilines is 1. The zero-order chi connectivity index (χ0) is 19.2. The van der Waals surface area contributed by atoms with Crippen LogP contribution in [-0.4, -0.2) is 18.8 Å².